The summed E-state index contributed by atoms with van der Waals surface area (Å²) in [6.07, 6.45) is 6.92. The van der Waals surface area contributed by atoms with Crippen LogP contribution < -0.4 is 0 Å². The molecule has 0 aromatic carbocycles. The summed E-state index contributed by atoms with van der Waals surface area (Å²) in [7, 11) is 0. The van der Waals surface area contributed by atoms with Gasteiger partial charge in [0.1, 0.15) is 18.0 Å². The molecular formula is C30H40O6. The molecule has 7 rings (SSSR count). The van der Waals surface area contributed by atoms with E-state index in [2.05, 4.69) is 26.0 Å². The number of fused-ring (bicyclic) bond motifs is 4. The first kappa shape index (κ1) is 23.8. The Bertz CT molecular complexity index is 1180. The number of carbonyl (C=O) groups is 2. The Morgan fingerprint density at radius 3 is 2.44 bits per heavy atom. The van der Waals surface area contributed by atoms with Crippen LogP contribution in [-0.4, -0.2) is 51.5 Å². The first-order chi connectivity index (χ1) is 16.5. The zero-order chi connectivity index (χ0) is 26.1. The molecule has 5 fully saturated rings. The molecule has 0 radical (unpaired) electrons. The van der Waals surface area contributed by atoms with Gasteiger partial charge in [0, 0.05) is 39.4 Å². The summed E-state index contributed by atoms with van der Waals surface area (Å²) in [4.78, 5) is 27.3. The molecule has 3 spiro atoms. The van der Waals surface area contributed by atoms with E-state index in [4.69, 9.17) is 9.47 Å². The maximum Gasteiger partial charge on any atom is 0.200 e. The summed E-state index contributed by atoms with van der Waals surface area (Å²) >= 11 is 0. The first-order valence-corrected chi connectivity index (χ1v) is 13.8. The molecule has 5 aliphatic carbocycles. The maximum atomic E-state index is 14.5. The molecule has 3 saturated carbocycles. The van der Waals surface area contributed by atoms with Crippen LogP contribution in [-0.2, 0) is 19.1 Å². The third kappa shape index (κ3) is 2.11. The Morgan fingerprint density at radius 1 is 1.08 bits per heavy atom. The molecule has 2 bridgehead atoms. The van der Waals surface area contributed by atoms with Crippen LogP contribution >= 0.6 is 0 Å². The van der Waals surface area contributed by atoms with Crippen molar-refractivity contribution in [1.29, 1.82) is 0 Å². The van der Waals surface area contributed by atoms with Crippen LogP contribution in [0, 0.1) is 44.8 Å². The lowest BCUT2D eigenvalue weighted by Gasteiger charge is -2.57. The fourth-order valence-electron chi connectivity index (χ4n) is 10.9. The van der Waals surface area contributed by atoms with E-state index in [0.29, 0.717) is 12.8 Å². The second-order valence-electron chi connectivity index (χ2n) is 14.8. The lowest BCUT2D eigenvalue weighted by atomic mass is 9.45. The van der Waals surface area contributed by atoms with E-state index < -0.39 is 39.8 Å². The van der Waals surface area contributed by atoms with Gasteiger partial charge in [-0.2, -0.15) is 0 Å². The monoisotopic (exact) mass is 496 g/mol. The third-order valence-electron chi connectivity index (χ3n) is 12.6. The van der Waals surface area contributed by atoms with E-state index in [9.17, 15) is 19.8 Å². The molecule has 196 valence electrons. The number of ketones is 2. The number of Topliss-reactive ketones (excluding diaryl/α,β-unsaturated/α-hetero) is 1. The van der Waals surface area contributed by atoms with Gasteiger partial charge in [-0.1, -0.05) is 52.3 Å². The van der Waals surface area contributed by atoms with Gasteiger partial charge in [-0.3, -0.25) is 9.59 Å². The minimum atomic E-state index is -1.32. The molecule has 6 heteroatoms. The summed E-state index contributed by atoms with van der Waals surface area (Å²) in [5.41, 5.74) is -2.75. The Labute approximate surface area is 213 Å². The molecule has 0 aromatic heterocycles. The summed E-state index contributed by atoms with van der Waals surface area (Å²) in [5, 5.41) is 23.3. The van der Waals surface area contributed by atoms with Crippen LogP contribution in [0.1, 0.15) is 74.1 Å². The number of rotatable bonds is 1. The number of allylic oxidation sites excluding steroid dienone is 3. The number of ether oxygens (including phenoxy) is 2. The Hall–Kier alpha value is -1.34. The Kier molecular flexibility index (Phi) is 4.03. The molecular weight excluding hydrogens is 456 g/mol. The molecule has 6 nitrogen and oxygen atoms in total. The highest BCUT2D eigenvalue weighted by Gasteiger charge is 2.88. The van der Waals surface area contributed by atoms with Crippen molar-refractivity contribution < 1.29 is 29.3 Å². The van der Waals surface area contributed by atoms with Crippen LogP contribution in [0.4, 0.5) is 0 Å². The zero-order valence-electron chi connectivity index (χ0n) is 22.6. The molecule has 0 aromatic rings. The van der Waals surface area contributed by atoms with Crippen LogP contribution in [0.15, 0.2) is 23.8 Å². The van der Waals surface area contributed by atoms with Gasteiger partial charge in [-0.05, 0) is 51.0 Å². The van der Waals surface area contributed by atoms with Gasteiger partial charge in [-0.15, -0.1) is 0 Å². The zero-order valence-corrected chi connectivity index (χ0v) is 22.6. The fraction of sp³-hybridized carbons (Fsp3) is 0.800. The van der Waals surface area contributed by atoms with Gasteiger partial charge < -0.3 is 19.7 Å². The third-order valence-corrected chi connectivity index (χ3v) is 12.6. The van der Waals surface area contributed by atoms with Crippen molar-refractivity contribution in [2.45, 2.75) is 104 Å². The largest absolute Gasteiger partial charge is 0.388 e. The number of hydrogen-bond acceptors (Lipinski definition) is 6. The normalized spacial score (nSPS) is 57.9. The summed E-state index contributed by atoms with van der Waals surface area (Å²) in [5.74, 6) is -1.07. The molecule has 0 amide bonds. The molecule has 11 atom stereocenters. The second kappa shape index (κ2) is 6.11. The van der Waals surface area contributed by atoms with Crippen molar-refractivity contribution in [3.8, 4) is 0 Å². The van der Waals surface area contributed by atoms with Crippen LogP contribution in [0.25, 0.3) is 0 Å². The van der Waals surface area contributed by atoms with Gasteiger partial charge >= 0.3 is 0 Å². The molecule has 36 heavy (non-hydrogen) atoms. The van der Waals surface area contributed by atoms with Crippen molar-refractivity contribution in [1.82, 2.24) is 0 Å². The van der Waals surface area contributed by atoms with Crippen molar-refractivity contribution >= 4 is 11.6 Å². The molecule has 2 heterocycles. The van der Waals surface area contributed by atoms with E-state index in [1.54, 1.807) is 19.9 Å². The molecule has 7 aliphatic rings. The van der Waals surface area contributed by atoms with Gasteiger partial charge in [0.15, 0.2) is 11.6 Å². The second-order valence-corrected chi connectivity index (χ2v) is 14.8. The first-order valence-electron chi connectivity index (χ1n) is 13.8. The predicted octanol–water partition coefficient (Wildman–Crippen LogP) is 3.74. The average molecular weight is 497 g/mol. The van der Waals surface area contributed by atoms with E-state index in [1.807, 2.05) is 20.8 Å². The molecule has 2 saturated heterocycles. The average Bonchev–Trinajstić information content (AvgIpc) is 3.27. The molecule has 11 unspecified atom stereocenters. The SMILES string of the molecule is CC1CC2OC3(OC2C(C)(C)O)C(O)C2(C)C4=CCC5C(C)(C)C(=O)C=CC56CC46CC(=O)C2(C)C13. The minimum Gasteiger partial charge on any atom is -0.388 e. The molecule has 2 N–H and O–H groups in total. The summed E-state index contributed by atoms with van der Waals surface area (Å²) < 4.78 is 13.2. The number of aliphatic hydroxyl groups is 2. The van der Waals surface area contributed by atoms with Crippen LogP contribution in [0.3, 0.4) is 0 Å². The van der Waals surface area contributed by atoms with Crippen LogP contribution in [0.5, 0.6) is 0 Å². The van der Waals surface area contributed by atoms with Gasteiger partial charge in [0.25, 0.3) is 0 Å². The van der Waals surface area contributed by atoms with E-state index in [1.165, 1.54) is 5.57 Å². The highest BCUT2D eigenvalue weighted by atomic mass is 16.8. The van der Waals surface area contributed by atoms with Crippen molar-refractivity contribution in [3.05, 3.63) is 23.8 Å². The van der Waals surface area contributed by atoms with Gasteiger partial charge in [0.05, 0.1) is 11.7 Å². The van der Waals surface area contributed by atoms with Gasteiger partial charge in [-0.25, -0.2) is 0 Å². The smallest absolute Gasteiger partial charge is 0.200 e. The Balaban J connectivity index is 1.42. The number of aliphatic hydroxyl groups excluding tert-OH is 1. The fourth-order valence-corrected chi connectivity index (χ4v) is 10.9. The minimum absolute atomic E-state index is 0.0896. The Morgan fingerprint density at radius 2 is 1.78 bits per heavy atom. The van der Waals surface area contributed by atoms with Crippen molar-refractivity contribution in [2.24, 2.45) is 44.8 Å². The lowest BCUT2D eigenvalue weighted by Crippen LogP contribution is -2.58. The van der Waals surface area contributed by atoms with Crippen molar-refractivity contribution in [3.63, 3.8) is 0 Å². The van der Waals surface area contributed by atoms with E-state index in [-0.39, 0.29) is 46.3 Å². The molecule has 2 aliphatic heterocycles. The van der Waals surface area contributed by atoms with Crippen molar-refractivity contribution in [2.75, 3.05) is 0 Å². The summed E-state index contributed by atoms with van der Waals surface area (Å²) in [6.45, 7) is 13.8. The number of hydrogen-bond donors (Lipinski definition) is 2. The standard InChI is InChI=1S/C30H40O6/c1-15-12-16-22(25(4,5)34)36-30(35-16)21(15)27(7)20(32)13-29-14-28(29)11-10-19(31)24(2,3)17(28)8-9-18(29)26(27,6)23(30)33/h9-11,15-17,21-23,33-34H,8,12-14H2,1-7H3. The highest BCUT2D eigenvalue weighted by Crippen LogP contribution is 2.87. The predicted molar refractivity (Wildman–Crippen MR) is 131 cm³/mol. The lowest BCUT2D eigenvalue weighted by molar-refractivity contribution is -0.279. The summed E-state index contributed by atoms with van der Waals surface area (Å²) in [6, 6.07) is 0. The number of carbonyl (C=O) groups excluding carboxylic acids is 2. The van der Waals surface area contributed by atoms with Gasteiger partial charge in [0.2, 0.25) is 0 Å². The quantitative estimate of drug-likeness (QED) is 0.537. The van der Waals surface area contributed by atoms with E-state index in [0.717, 1.165) is 12.8 Å². The maximum absolute atomic E-state index is 14.5. The van der Waals surface area contributed by atoms with E-state index >= 15 is 0 Å². The van der Waals surface area contributed by atoms with Crippen LogP contribution in [0.2, 0.25) is 0 Å². The highest BCUT2D eigenvalue weighted by molar-refractivity contribution is 5.97. The topological polar surface area (TPSA) is 93.1 Å².